The largest absolute Gasteiger partial charge is 0.469 e. The number of aryl methyl sites for hydroxylation is 1. The SMILES string of the molecule is COC(=O)CC1CCN(C(=O)CCn2ccc3cc(Br)ccc32)CC1. The van der Waals surface area contributed by atoms with Crippen LogP contribution in [0.1, 0.15) is 25.7 Å². The number of likely N-dealkylation sites (tertiary alicyclic amines) is 1. The van der Waals surface area contributed by atoms with Crippen molar-refractivity contribution in [2.75, 3.05) is 20.2 Å². The van der Waals surface area contributed by atoms with E-state index in [2.05, 4.69) is 38.7 Å². The third kappa shape index (κ3) is 4.42. The molecule has 134 valence electrons. The molecule has 0 radical (unpaired) electrons. The van der Waals surface area contributed by atoms with Gasteiger partial charge in [-0.3, -0.25) is 9.59 Å². The van der Waals surface area contributed by atoms with Gasteiger partial charge >= 0.3 is 5.97 Å². The fourth-order valence-electron chi connectivity index (χ4n) is 3.45. The number of hydrogen-bond acceptors (Lipinski definition) is 3. The van der Waals surface area contributed by atoms with Crippen molar-refractivity contribution in [1.29, 1.82) is 0 Å². The number of fused-ring (bicyclic) bond motifs is 1. The Kier molecular flexibility index (Phi) is 5.78. The van der Waals surface area contributed by atoms with E-state index in [9.17, 15) is 9.59 Å². The predicted octanol–water partition coefficient (Wildman–Crippen LogP) is 3.60. The van der Waals surface area contributed by atoms with Crippen molar-refractivity contribution in [3.05, 3.63) is 34.9 Å². The van der Waals surface area contributed by atoms with E-state index in [-0.39, 0.29) is 11.9 Å². The average molecular weight is 407 g/mol. The van der Waals surface area contributed by atoms with Crippen molar-refractivity contribution >= 4 is 38.7 Å². The molecule has 0 bridgehead atoms. The first-order chi connectivity index (χ1) is 12.1. The third-order valence-corrected chi connectivity index (χ3v) is 5.44. The second kappa shape index (κ2) is 8.04. The van der Waals surface area contributed by atoms with Crippen LogP contribution in [0.4, 0.5) is 0 Å². The number of carbonyl (C=O) groups excluding carboxylic acids is 2. The number of halogens is 1. The van der Waals surface area contributed by atoms with Gasteiger partial charge in [-0.15, -0.1) is 0 Å². The number of rotatable bonds is 5. The number of piperidine rings is 1. The molecule has 25 heavy (non-hydrogen) atoms. The second-order valence-corrected chi connectivity index (χ2v) is 7.48. The van der Waals surface area contributed by atoms with E-state index in [0.29, 0.717) is 25.3 Å². The lowest BCUT2D eigenvalue weighted by Gasteiger charge is -2.31. The smallest absolute Gasteiger partial charge is 0.305 e. The summed E-state index contributed by atoms with van der Waals surface area (Å²) in [6.07, 6.45) is 4.75. The first-order valence-electron chi connectivity index (χ1n) is 8.66. The molecule has 2 heterocycles. The maximum Gasteiger partial charge on any atom is 0.305 e. The van der Waals surface area contributed by atoms with Crippen LogP contribution in [0.25, 0.3) is 10.9 Å². The van der Waals surface area contributed by atoms with Gasteiger partial charge in [-0.2, -0.15) is 0 Å². The molecule has 1 aromatic heterocycles. The van der Waals surface area contributed by atoms with Gasteiger partial charge in [-0.25, -0.2) is 0 Å². The fourth-order valence-corrected chi connectivity index (χ4v) is 3.82. The first-order valence-corrected chi connectivity index (χ1v) is 9.45. The molecule has 2 aromatic rings. The van der Waals surface area contributed by atoms with E-state index < -0.39 is 0 Å². The zero-order chi connectivity index (χ0) is 17.8. The van der Waals surface area contributed by atoms with E-state index in [4.69, 9.17) is 4.74 Å². The molecule has 1 fully saturated rings. The molecule has 1 aliphatic rings. The normalized spacial score (nSPS) is 15.5. The van der Waals surface area contributed by atoms with Gasteiger partial charge in [0.15, 0.2) is 0 Å². The molecule has 0 saturated carbocycles. The molecule has 0 unspecified atom stereocenters. The lowest BCUT2D eigenvalue weighted by atomic mass is 9.93. The molecule has 1 amide bonds. The molecule has 0 spiro atoms. The Morgan fingerprint density at radius 3 is 2.72 bits per heavy atom. The number of carbonyl (C=O) groups is 2. The summed E-state index contributed by atoms with van der Waals surface area (Å²) in [5.74, 6) is 0.370. The Hall–Kier alpha value is -1.82. The number of hydrogen-bond donors (Lipinski definition) is 0. The van der Waals surface area contributed by atoms with Crippen molar-refractivity contribution in [3.63, 3.8) is 0 Å². The number of methoxy groups -OCH3 is 1. The standard InChI is InChI=1S/C19H23BrN2O3/c1-25-19(24)12-14-4-8-22(9-5-14)18(23)7-11-21-10-6-15-13-16(20)2-3-17(15)21/h2-3,6,10,13-14H,4-5,7-9,11-12H2,1H3. The van der Waals surface area contributed by atoms with Crippen LogP contribution in [0, 0.1) is 5.92 Å². The van der Waals surface area contributed by atoms with Gasteiger partial charge in [0.2, 0.25) is 5.91 Å². The van der Waals surface area contributed by atoms with Gasteiger partial charge in [-0.05, 0) is 43.0 Å². The molecule has 0 atom stereocenters. The summed E-state index contributed by atoms with van der Waals surface area (Å²) >= 11 is 3.48. The minimum atomic E-state index is -0.157. The maximum atomic E-state index is 12.5. The molecule has 0 N–H and O–H groups in total. The molecule has 0 aliphatic carbocycles. The van der Waals surface area contributed by atoms with Crippen LogP contribution in [0.5, 0.6) is 0 Å². The van der Waals surface area contributed by atoms with Crippen LogP contribution >= 0.6 is 15.9 Å². The maximum absolute atomic E-state index is 12.5. The molecule has 1 aromatic carbocycles. The molecule has 1 aliphatic heterocycles. The van der Waals surface area contributed by atoms with Gasteiger partial charge in [-0.1, -0.05) is 15.9 Å². The van der Waals surface area contributed by atoms with Crippen LogP contribution in [0.2, 0.25) is 0 Å². The number of aromatic nitrogens is 1. The number of ether oxygens (including phenoxy) is 1. The Morgan fingerprint density at radius 2 is 2.00 bits per heavy atom. The minimum Gasteiger partial charge on any atom is -0.469 e. The van der Waals surface area contributed by atoms with Crippen molar-refractivity contribution in [2.24, 2.45) is 5.92 Å². The number of nitrogens with zero attached hydrogens (tertiary/aromatic N) is 2. The van der Waals surface area contributed by atoms with Crippen LogP contribution in [-0.4, -0.2) is 41.5 Å². The Bertz CT molecular complexity index is 763. The van der Waals surface area contributed by atoms with Gasteiger partial charge in [0.05, 0.1) is 7.11 Å². The number of benzene rings is 1. The topological polar surface area (TPSA) is 51.5 Å². The van der Waals surface area contributed by atoms with Crippen LogP contribution < -0.4 is 0 Å². The van der Waals surface area contributed by atoms with Crippen molar-refractivity contribution in [2.45, 2.75) is 32.2 Å². The molecule has 1 saturated heterocycles. The molecular weight excluding hydrogens is 384 g/mol. The molecular formula is C19H23BrN2O3. The molecule has 6 heteroatoms. The van der Waals surface area contributed by atoms with Crippen molar-refractivity contribution in [3.8, 4) is 0 Å². The highest BCUT2D eigenvalue weighted by Crippen LogP contribution is 2.23. The van der Waals surface area contributed by atoms with E-state index in [1.807, 2.05) is 17.2 Å². The Balaban J connectivity index is 1.50. The highest BCUT2D eigenvalue weighted by molar-refractivity contribution is 9.10. The zero-order valence-corrected chi connectivity index (χ0v) is 16.0. The van der Waals surface area contributed by atoms with Gasteiger partial charge in [0.1, 0.15) is 0 Å². The van der Waals surface area contributed by atoms with Crippen molar-refractivity contribution < 1.29 is 14.3 Å². The van der Waals surface area contributed by atoms with Crippen LogP contribution in [-0.2, 0) is 20.9 Å². The predicted molar refractivity (Wildman–Crippen MR) is 100 cm³/mol. The summed E-state index contributed by atoms with van der Waals surface area (Å²) in [5, 5.41) is 1.17. The second-order valence-electron chi connectivity index (χ2n) is 6.57. The Labute approximate surface area is 156 Å². The summed E-state index contributed by atoms with van der Waals surface area (Å²) in [5.41, 5.74) is 1.15. The highest BCUT2D eigenvalue weighted by Gasteiger charge is 2.24. The van der Waals surface area contributed by atoms with Gasteiger partial charge < -0.3 is 14.2 Å². The van der Waals surface area contributed by atoms with Gasteiger partial charge in [0, 0.05) is 54.0 Å². The summed E-state index contributed by atoms with van der Waals surface area (Å²) in [6, 6.07) is 8.25. The lowest BCUT2D eigenvalue weighted by Crippen LogP contribution is -2.39. The summed E-state index contributed by atoms with van der Waals surface area (Å²) in [6.45, 7) is 2.16. The summed E-state index contributed by atoms with van der Waals surface area (Å²) in [4.78, 5) is 25.8. The van der Waals surface area contributed by atoms with Crippen molar-refractivity contribution in [1.82, 2.24) is 9.47 Å². The number of amides is 1. The Morgan fingerprint density at radius 1 is 1.24 bits per heavy atom. The van der Waals surface area contributed by atoms with E-state index >= 15 is 0 Å². The third-order valence-electron chi connectivity index (χ3n) is 4.95. The van der Waals surface area contributed by atoms with Gasteiger partial charge in [0.25, 0.3) is 0 Å². The summed E-state index contributed by atoms with van der Waals surface area (Å²) < 4.78 is 7.91. The van der Waals surface area contributed by atoms with E-state index in [0.717, 1.165) is 35.9 Å². The van der Waals surface area contributed by atoms with E-state index in [1.54, 1.807) is 0 Å². The van der Waals surface area contributed by atoms with Crippen LogP contribution in [0.3, 0.4) is 0 Å². The highest BCUT2D eigenvalue weighted by atomic mass is 79.9. The van der Waals surface area contributed by atoms with E-state index in [1.165, 1.54) is 12.5 Å². The molecule has 5 nitrogen and oxygen atoms in total. The number of esters is 1. The zero-order valence-electron chi connectivity index (χ0n) is 14.4. The average Bonchev–Trinajstić information content (AvgIpc) is 3.02. The first kappa shape index (κ1) is 18.0. The quantitative estimate of drug-likeness (QED) is 0.712. The minimum absolute atomic E-state index is 0.157. The lowest BCUT2D eigenvalue weighted by molar-refractivity contribution is -0.142. The fraction of sp³-hybridized carbons (Fsp3) is 0.474. The monoisotopic (exact) mass is 406 g/mol. The summed E-state index contributed by atoms with van der Waals surface area (Å²) in [7, 11) is 1.42. The molecule has 3 rings (SSSR count). The van der Waals surface area contributed by atoms with Crippen LogP contribution in [0.15, 0.2) is 34.9 Å².